The molecule has 2 aromatic heterocycles. The summed E-state index contributed by atoms with van der Waals surface area (Å²) in [7, 11) is 0. The third-order valence-electron chi connectivity index (χ3n) is 13.2. The maximum atomic E-state index is 2.43. The van der Waals surface area contributed by atoms with Gasteiger partial charge in [0.15, 0.2) is 0 Å². The van der Waals surface area contributed by atoms with E-state index in [2.05, 4.69) is 241 Å². The lowest BCUT2D eigenvalue weighted by Crippen LogP contribution is -1.94. The van der Waals surface area contributed by atoms with Gasteiger partial charge in [-0.15, -0.1) is 11.3 Å². The second-order valence-electron chi connectivity index (χ2n) is 16.7. The van der Waals surface area contributed by atoms with Crippen LogP contribution >= 0.6 is 11.3 Å². The quantitative estimate of drug-likeness (QED) is 0.147. The smallest absolute Gasteiger partial charge is 0.0541 e. The molecule has 0 atom stereocenters. The van der Waals surface area contributed by atoms with Gasteiger partial charge in [-0.25, -0.2) is 0 Å². The van der Waals surface area contributed by atoms with Crippen molar-refractivity contribution >= 4 is 74.9 Å². The Bertz CT molecular complexity index is 3870. The standard InChI is InChI=1S/C62H39NS/c1-3-17-40(18-4-1)45-21-7-8-22-47(45)53-29-16-31-55-54-30-15-28-46(61(54)64-62(53)55)43-35-38-58-56(39-43)48-23-13-14-32-57(48)63(58)44-36-33-42(34-37-44)60-51-26-11-9-24-49(51)59(41-19-5-2-6-20-41)50-25-10-12-27-52(50)60/h1-39H. The van der Waals surface area contributed by atoms with Crippen molar-refractivity contribution < 1.29 is 0 Å². The van der Waals surface area contributed by atoms with Crippen LogP contribution in [0.25, 0.3) is 125 Å². The number of benzene rings is 11. The molecule has 0 bridgehead atoms. The summed E-state index contributed by atoms with van der Waals surface area (Å²) >= 11 is 1.91. The molecule has 1 nitrogen and oxygen atoms in total. The number of nitrogens with zero attached hydrogens (tertiary/aromatic N) is 1. The molecule has 0 N–H and O–H groups in total. The maximum absolute atomic E-state index is 2.43. The first kappa shape index (κ1) is 36.6. The monoisotopic (exact) mass is 829 g/mol. The zero-order valence-electron chi connectivity index (χ0n) is 34.9. The van der Waals surface area contributed by atoms with Crippen molar-refractivity contribution in [1.29, 1.82) is 0 Å². The number of para-hydroxylation sites is 1. The van der Waals surface area contributed by atoms with Gasteiger partial charge in [-0.3, -0.25) is 0 Å². The minimum Gasteiger partial charge on any atom is -0.309 e. The fourth-order valence-corrected chi connectivity index (χ4v) is 11.8. The van der Waals surface area contributed by atoms with Crippen molar-refractivity contribution in [3.05, 3.63) is 237 Å². The van der Waals surface area contributed by atoms with E-state index in [1.807, 2.05) is 11.3 Å². The zero-order valence-corrected chi connectivity index (χ0v) is 35.7. The average Bonchev–Trinajstić information content (AvgIpc) is 3.92. The molecule has 13 aromatic rings. The summed E-state index contributed by atoms with van der Waals surface area (Å²) in [5, 5.41) is 10.2. The highest BCUT2D eigenvalue weighted by atomic mass is 32.1. The topological polar surface area (TPSA) is 4.93 Å². The fraction of sp³-hybridized carbons (Fsp3) is 0. The highest BCUT2D eigenvalue weighted by Gasteiger charge is 2.20. The van der Waals surface area contributed by atoms with E-state index in [-0.39, 0.29) is 0 Å². The predicted molar refractivity (Wildman–Crippen MR) is 276 cm³/mol. The fourth-order valence-electron chi connectivity index (χ4n) is 10.4. The lowest BCUT2D eigenvalue weighted by Gasteiger charge is -2.18. The van der Waals surface area contributed by atoms with E-state index in [1.165, 1.54) is 119 Å². The molecule has 0 saturated heterocycles. The first-order valence-corrected chi connectivity index (χ1v) is 22.8. The van der Waals surface area contributed by atoms with Crippen LogP contribution in [0, 0.1) is 0 Å². The van der Waals surface area contributed by atoms with Crippen LogP contribution in [0.1, 0.15) is 0 Å². The normalized spacial score (nSPS) is 11.8. The zero-order chi connectivity index (χ0) is 42.1. The van der Waals surface area contributed by atoms with E-state index in [4.69, 9.17) is 0 Å². The van der Waals surface area contributed by atoms with Crippen molar-refractivity contribution in [1.82, 2.24) is 4.57 Å². The lowest BCUT2D eigenvalue weighted by molar-refractivity contribution is 1.18. The summed E-state index contributed by atoms with van der Waals surface area (Å²) in [5.41, 5.74) is 16.1. The Morgan fingerprint density at radius 2 is 0.688 bits per heavy atom. The molecule has 0 amide bonds. The SMILES string of the molecule is c1ccc(-c2ccccc2-c2cccc3c2sc2c(-c4ccc5c(c4)c4ccccc4n5-c4ccc(-c5c6ccccc6c(-c6ccccc6)c6ccccc56)cc4)cccc23)cc1. The molecular weight excluding hydrogens is 791 g/mol. The van der Waals surface area contributed by atoms with Crippen molar-refractivity contribution in [3.63, 3.8) is 0 Å². The van der Waals surface area contributed by atoms with Gasteiger partial charge in [0.05, 0.1) is 11.0 Å². The molecule has 0 aliphatic rings. The van der Waals surface area contributed by atoms with Crippen molar-refractivity contribution in [3.8, 4) is 61.3 Å². The van der Waals surface area contributed by atoms with Crippen molar-refractivity contribution in [2.24, 2.45) is 0 Å². The molecular formula is C62H39NS. The van der Waals surface area contributed by atoms with Gasteiger partial charge in [-0.2, -0.15) is 0 Å². The van der Waals surface area contributed by atoms with Crippen LogP contribution in [0.4, 0.5) is 0 Å². The minimum absolute atomic E-state index is 1.15. The van der Waals surface area contributed by atoms with Gasteiger partial charge in [-0.1, -0.05) is 206 Å². The molecule has 13 rings (SSSR count). The molecule has 0 saturated carbocycles. The Labute approximate surface area is 375 Å². The Kier molecular flexibility index (Phi) is 8.47. The molecule has 2 heterocycles. The molecule has 0 spiro atoms. The number of fused-ring (bicyclic) bond motifs is 8. The molecule has 0 radical (unpaired) electrons. The van der Waals surface area contributed by atoms with E-state index < -0.39 is 0 Å². The van der Waals surface area contributed by atoms with Gasteiger partial charge in [0.1, 0.15) is 0 Å². The second-order valence-corrected chi connectivity index (χ2v) is 17.7. The number of hydrogen-bond acceptors (Lipinski definition) is 1. The van der Waals surface area contributed by atoms with Gasteiger partial charge in [-0.05, 0) is 102 Å². The summed E-state index contributed by atoms with van der Waals surface area (Å²) in [5.74, 6) is 0. The highest BCUT2D eigenvalue weighted by molar-refractivity contribution is 7.26. The molecule has 298 valence electrons. The molecule has 0 aliphatic carbocycles. The van der Waals surface area contributed by atoms with Gasteiger partial charge in [0.25, 0.3) is 0 Å². The van der Waals surface area contributed by atoms with Gasteiger partial charge < -0.3 is 4.57 Å². The van der Waals surface area contributed by atoms with E-state index in [0.717, 1.165) is 5.69 Å². The van der Waals surface area contributed by atoms with E-state index in [1.54, 1.807) is 0 Å². The van der Waals surface area contributed by atoms with Crippen LogP contribution in [-0.2, 0) is 0 Å². The molecule has 2 heteroatoms. The third-order valence-corrected chi connectivity index (χ3v) is 14.5. The van der Waals surface area contributed by atoms with Crippen LogP contribution in [0.3, 0.4) is 0 Å². The van der Waals surface area contributed by atoms with Gasteiger partial charge in [0, 0.05) is 42.2 Å². The Balaban J connectivity index is 0.939. The number of thiophene rings is 1. The maximum Gasteiger partial charge on any atom is 0.0541 e. The van der Waals surface area contributed by atoms with E-state index >= 15 is 0 Å². The molecule has 11 aromatic carbocycles. The summed E-state index contributed by atoms with van der Waals surface area (Å²) in [6.07, 6.45) is 0. The summed E-state index contributed by atoms with van der Waals surface area (Å²) in [4.78, 5) is 0. The van der Waals surface area contributed by atoms with Crippen LogP contribution in [0.2, 0.25) is 0 Å². The molecule has 0 unspecified atom stereocenters. The van der Waals surface area contributed by atoms with Crippen LogP contribution < -0.4 is 0 Å². The first-order chi connectivity index (χ1) is 31.8. The Morgan fingerprint density at radius 3 is 1.33 bits per heavy atom. The van der Waals surface area contributed by atoms with Crippen LogP contribution in [0.15, 0.2) is 237 Å². The molecule has 0 aliphatic heterocycles. The van der Waals surface area contributed by atoms with Crippen LogP contribution in [-0.4, -0.2) is 4.57 Å². The van der Waals surface area contributed by atoms with Gasteiger partial charge >= 0.3 is 0 Å². The lowest BCUT2D eigenvalue weighted by atomic mass is 9.86. The second kappa shape index (κ2) is 14.8. The number of rotatable bonds is 6. The summed E-state index contributed by atoms with van der Waals surface area (Å²) in [6, 6.07) is 86.9. The van der Waals surface area contributed by atoms with Gasteiger partial charge in [0.2, 0.25) is 0 Å². The third kappa shape index (κ3) is 5.70. The van der Waals surface area contributed by atoms with E-state index in [0.29, 0.717) is 0 Å². The summed E-state index contributed by atoms with van der Waals surface area (Å²) in [6.45, 7) is 0. The average molecular weight is 830 g/mol. The number of hydrogen-bond donors (Lipinski definition) is 0. The molecule has 0 fully saturated rings. The van der Waals surface area contributed by atoms with Crippen LogP contribution in [0.5, 0.6) is 0 Å². The Hall–Kier alpha value is -8.04. The summed E-state index contributed by atoms with van der Waals surface area (Å²) < 4.78 is 5.07. The van der Waals surface area contributed by atoms with E-state index in [9.17, 15) is 0 Å². The highest BCUT2D eigenvalue weighted by Crippen LogP contribution is 2.47. The first-order valence-electron chi connectivity index (χ1n) is 22.0. The predicted octanol–water partition coefficient (Wildman–Crippen LogP) is 17.8. The number of aromatic nitrogens is 1. The molecule has 64 heavy (non-hydrogen) atoms. The van der Waals surface area contributed by atoms with Crippen molar-refractivity contribution in [2.75, 3.05) is 0 Å². The van der Waals surface area contributed by atoms with Crippen molar-refractivity contribution in [2.45, 2.75) is 0 Å². The minimum atomic E-state index is 1.15. The largest absolute Gasteiger partial charge is 0.309 e. The Morgan fingerprint density at radius 1 is 0.250 bits per heavy atom.